The summed E-state index contributed by atoms with van der Waals surface area (Å²) in [6.07, 6.45) is 0. The Kier molecular flexibility index (Phi) is 2.83. The molecule has 0 saturated carbocycles. The molecule has 66 valence electrons. The molecule has 0 aliphatic heterocycles. The summed E-state index contributed by atoms with van der Waals surface area (Å²) in [6, 6.07) is 7.14. The number of nitriles is 2. The predicted octanol–water partition coefficient (Wildman–Crippen LogP) is 3.27. The summed E-state index contributed by atoms with van der Waals surface area (Å²) in [5.41, 5.74) is 1.08. The van der Waals surface area contributed by atoms with E-state index in [0.717, 1.165) is 5.56 Å². The van der Waals surface area contributed by atoms with Crippen LogP contribution in [-0.2, 0) is 0 Å². The van der Waals surface area contributed by atoms with E-state index in [0.29, 0.717) is 4.90 Å². The lowest BCUT2D eigenvalue weighted by Crippen LogP contribution is -1.85. The molecule has 0 amide bonds. The number of benzene rings is 1. The lowest BCUT2D eigenvalue weighted by molar-refractivity contribution is 1.37. The van der Waals surface area contributed by atoms with Gasteiger partial charge in [0.1, 0.15) is 10.8 Å². The van der Waals surface area contributed by atoms with Crippen molar-refractivity contribution in [2.24, 2.45) is 0 Å². The van der Waals surface area contributed by atoms with E-state index in [1.165, 1.54) is 0 Å². The fraction of sp³-hybridized carbons (Fsp3) is 0.111. The Bertz CT molecular complexity index is 372. The zero-order valence-corrected chi connectivity index (χ0v) is 8.56. The molecule has 0 N–H and O–H groups in total. The molecule has 0 saturated heterocycles. The first-order valence-corrected chi connectivity index (χ1v) is 5.99. The summed E-state index contributed by atoms with van der Waals surface area (Å²) in [6.45, 7) is 1.94. The van der Waals surface area contributed by atoms with Gasteiger partial charge in [-0.1, -0.05) is 17.7 Å². The second-order valence-electron chi connectivity index (χ2n) is 2.53. The highest BCUT2D eigenvalue weighted by molar-refractivity contribution is 8.57. The molecule has 0 atom stereocenters. The van der Waals surface area contributed by atoms with Gasteiger partial charge >= 0.3 is 0 Å². The second-order valence-corrected chi connectivity index (χ2v) is 5.83. The number of rotatable bonds is 1. The predicted molar refractivity (Wildman–Crippen MR) is 54.1 cm³/mol. The topological polar surface area (TPSA) is 47.6 Å². The molecule has 1 aromatic rings. The van der Waals surface area contributed by atoms with E-state index in [1.807, 2.05) is 29.9 Å². The van der Waals surface area contributed by atoms with Gasteiger partial charge in [0.25, 0.3) is 0 Å². The van der Waals surface area contributed by atoms with Crippen LogP contribution in [0.1, 0.15) is 5.56 Å². The number of thiocyanates is 2. The van der Waals surface area contributed by atoms with Gasteiger partial charge in [-0.2, -0.15) is 10.5 Å². The van der Waals surface area contributed by atoms with E-state index in [4.69, 9.17) is 21.2 Å². The minimum absolute atomic E-state index is 0.602. The molecule has 0 heterocycles. The highest BCUT2D eigenvalue weighted by atomic mass is 35.7. The number of halogens is 1. The zero-order chi connectivity index (χ0) is 9.90. The SMILES string of the molecule is Cc1ccc(S(Cl)(C#N)C#N)cc1. The smallest absolute Gasteiger partial charge is 0.145 e. The molecule has 0 spiro atoms. The zero-order valence-electron chi connectivity index (χ0n) is 6.99. The molecule has 0 aliphatic rings. The van der Waals surface area contributed by atoms with Gasteiger partial charge in [-0.3, -0.25) is 0 Å². The van der Waals surface area contributed by atoms with Crippen LogP contribution in [0.15, 0.2) is 29.2 Å². The number of nitrogens with zero attached hydrogens (tertiary/aromatic N) is 2. The van der Waals surface area contributed by atoms with E-state index in [2.05, 4.69) is 0 Å². The van der Waals surface area contributed by atoms with Gasteiger partial charge in [-0.15, -0.1) is 0 Å². The second kappa shape index (κ2) is 3.70. The molecule has 13 heavy (non-hydrogen) atoms. The van der Waals surface area contributed by atoms with Crippen LogP contribution >= 0.6 is 19.9 Å². The first-order chi connectivity index (χ1) is 6.12. The lowest BCUT2D eigenvalue weighted by Gasteiger charge is -2.14. The van der Waals surface area contributed by atoms with Crippen molar-refractivity contribution in [3.8, 4) is 10.8 Å². The molecule has 0 aliphatic carbocycles. The van der Waals surface area contributed by atoms with Crippen LogP contribution in [0.2, 0.25) is 0 Å². The van der Waals surface area contributed by atoms with Crippen molar-refractivity contribution < 1.29 is 0 Å². The van der Waals surface area contributed by atoms with Crippen LogP contribution < -0.4 is 0 Å². The molecular weight excluding hydrogens is 204 g/mol. The normalized spacial score (nSPS) is 11.4. The van der Waals surface area contributed by atoms with Gasteiger partial charge in [-0.05, 0) is 29.7 Å². The molecule has 0 unspecified atom stereocenters. The first-order valence-electron chi connectivity index (χ1n) is 3.54. The van der Waals surface area contributed by atoms with Crippen molar-refractivity contribution in [1.82, 2.24) is 0 Å². The number of hydrogen-bond donors (Lipinski definition) is 0. The largest absolute Gasteiger partial charge is 0.184 e. The molecule has 0 bridgehead atoms. The fourth-order valence-corrected chi connectivity index (χ4v) is 1.92. The Morgan fingerprint density at radius 1 is 1.15 bits per heavy atom. The van der Waals surface area contributed by atoms with Gasteiger partial charge in [0.15, 0.2) is 0 Å². The molecule has 0 fully saturated rings. The van der Waals surface area contributed by atoms with Crippen LogP contribution in [0.5, 0.6) is 0 Å². The van der Waals surface area contributed by atoms with Gasteiger partial charge < -0.3 is 0 Å². The van der Waals surface area contributed by atoms with Gasteiger partial charge in [0.2, 0.25) is 0 Å². The van der Waals surface area contributed by atoms with E-state index in [-0.39, 0.29) is 0 Å². The Hall–Kier alpha value is -1.16. The molecule has 0 radical (unpaired) electrons. The molecular formula is C9H7ClN2S. The van der Waals surface area contributed by atoms with E-state index >= 15 is 0 Å². The summed E-state index contributed by atoms with van der Waals surface area (Å²) >= 11 is 0. The van der Waals surface area contributed by atoms with E-state index < -0.39 is 9.24 Å². The van der Waals surface area contributed by atoms with Crippen LogP contribution in [0.25, 0.3) is 0 Å². The van der Waals surface area contributed by atoms with Crippen molar-refractivity contribution >= 4 is 19.9 Å². The fourth-order valence-electron chi connectivity index (χ4n) is 0.852. The lowest BCUT2D eigenvalue weighted by atomic mass is 10.2. The maximum atomic E-state index is 8.74. The van der Waals surface area contributed by atoms with Crippen molar-refractivity contribution in [2.75, 3.05) is 0 Å². The summed E-state index contributed by atoms with van der Waals surface area (Å²) < 4.78 is 0. The summed E-state index contributed by atoms with van der Waals surface area (Å²) in [4.78, 5) is 0.602. The Labute approximate surface area is 83.2 Å². The molecule has 0 aromatic heterocycles. The van der Waals surface area contributed by atoms with Crippen LogP contribution in [0, 0.1) is 28.3 Å². The molecule has 1 aromatic carbocycles. The van der Waals surface area contributed by atoms with Gasteiger partial charge in [0, 0.05) is 14.1 Å². The first kappa shape index (κ1) is 9.92. The van der Waals surface area contributed by atoms with Gasteiger partial charge in [-0.25, -0.2) is 0 Å². The monoisotopic (exact) mass is 210 g/mol. The van der Waals surface area contributed by atoms with Crippen molar-refractivity contribution in [2.45, 2.75) is 11.8 Å². The highest BCUT2D eigenvalue weighted by Crippen LogP contribution is 2.58. The Morgan fingerprint density at radius 3 is 2.00 bits per heavy atom. The Morgan fingerprint density at radius 2 is 1.62 bits per heavy atom. The third-order valence-corrected chi connectivity index (χ3v) is 3.97. The molecule has 4 heteroatoms. The quantitative estimate of drug-likeness (QED) is 0.668. The summed E-state index contributed by atoms with van der Waals surface area (Å²) in [7, 11) is 3.42. The van der Waals surface area contributed by atoms with Crippen LogP contribution in [0.3, 0.4) is 0 Å². The third-order valence-electron chi connectivity index (χ3n) is 1.60. The highest BCUT2D eigenvalue weighted by Gasteiger charge is 2.22. The summed E-state index contributed by atoms with van der Waals surface area (Å²) in [5, 5.41) is 21.2. The summed E-state index contributed by atoms with van der Waals surface area (Å²) in [5.74, 6) is 0. The Balaban J connectivity index is 3.18. The minimum Gasteiger partial charge on any atom is -0.184 e. The maximum Gasteiger partial charge on any atom is 0.145 e. The molecule has 1 rings (SSSR count). The maximum absolute atomic E-state index is 8.74. The average Bonchev–Trinajstić information content (AvgIpc) is 2.18. The van der Waals surface area contributed by atoms with Crippen molar-refractivity contribution in [3.63, 3.8) is 0 Å². The van der Waals surface area contributed by atoms with Crippen molar-refractivity contribution in [3.05, 3.63) is 29.8 Å². The van der Waals surface area contributed by atoms with E-state index in [1.54, 1.807) is 12.1 Å². The van der Waals surface area contributed by atoms with Gasteiger partial charge in [0.05, 0.1) is 0 Å². The van der Waals surface area contributed by atoms with Crippen molar-refractivity contribution in [1.29, 1.82) is 10.5 Å². The van der Waals surface area contributed by atoms with E-state index in [9.17, 15) is 0 Å². The standard InChI is InChI=1S/C9H7ClN2S/c1-8-2-4-9(5-3-8)13(10,6-11)7-12/h2-5H,1H3. The van der Waals surface area contributed by atoms with Crippen LogP contribution in [-0.4, -0.2) is 0 Å². The number of aryl methyl sites for hydroxylation is 1. The number of hydrogen-bond acceptors (Lipinski definition) is 2. The van der Waals surface area contributed by atoms with Crippen LogP contribution in [0.4, 0.5) is 0 Å². The third kappa shape index (κ3) is 1.95. The molecule has 2 nitrogen and oxygen atoms in total. The average molecular weight is 211 g/mol. The minimum atomic E-state index is -2.43.